The molecule has 0 N–H and O–H groups in total. The number of nitrogens with zero attached hydrogens (tertiary/aromatic N) is 1. The number of aryl methyl sites for hydroxylation is 1. The van der Waals surface area contributed by atoms with E-state index in [-0.39, 0.29) is 5.91 Å². The maximum absolute atomic E-state index is 12.1. The molecule has 0 aliphatic carbocycles. The van der Waals surface area contributed by atoms with Crippen molar-refractivity contribution in [2.24, 2.45) is 0 Å². The van der Waals surface area contributed by atoms with Crippen LogP contribution < -0.4 is 9.47 Å². The second kappa shape index (κ2) is 9.49. The molecule has 2 aromatic rings. The summed E-state index contributed by atoms with van der Waals surface area (Å²) in [4.78, 5) is 15.5. The zero-order valence-corrected chi connectivity index (χ0v) is 18.4. The van der Waals surface area contributed by atoms with Crippen LogP contribution in [0, 0.1) is 6.92 Å². The van der Waals surface area contributed by atoms with Crippen molar-refractivity contribution in [3.8, 4) is 11.5 Å². The Morgan fingerprint density at radius 2 is 1.93 bits per heavy atom. The van der Waals surface area contributed by atoms with Gasteiger partial charge in [0.1, 0.15) is 4.32 Å². The third-order valence-corrected chi connectivity index (χ3v) is 6.56. The molecule has 7 heteroatoms. The van der Waals surface area contributed by atoms with Crippen LogP contribution in [0.3, 0.4) is 0 Å². The number of methoxy groups -OCH3 is 1. The van der Waals surface area contributed by atoms with E-state index in [0.717, 1.165) is 11.3 Å². The average molecular weight is 432 g/mol. The molecule has 3 rings (SSSR count). The summed E-state index contributed by atoms with van der Waals surface area (Å²) < 4.78 is 11.9. The van der Waals surface area contributed by atoms with Gasteiger partial charge in [-0.15, -0.1) is 11.8 Å². The van der Waals surface area contributed by atoms with Crippen LogP contribution in [0.25, 0.3) is 6.08 Å². The molecular weight excluding hydrogens is 410 g/mol. The molecule has 0 aromatic heterocycles. The number of thioether (sulfide) groups is 2. The number of likely N-dealkylation sites (N-methyl/N-ethyl adjacent to an activating group) is 1. The van der Waals surface area contributed by atoms with Gasteiger partial charge in [-0.25, -0.2) is 0 Å². The van der Waals surface area contributed by atoms with E-state index in [1.165, 1.54) is 27.1 Å². The summed E-state index contributed by atoms with van der Waals surface area (Å²) in [5.41, 5.74) is 2.12. The molecule has 1 heterocycles. The number of hydrogen-bond acceptors (Lipinski definition) is 6. The number of amides is 1. The van der Waals surface area contributed by atoms with Gasteiger partial charge in [0.25, 0.3) is 5.91 Å². The SMILES string of the molecule is COc1cc(C=C2SC(=S)N(C)C2=O)ccc1OCCSc1ccc(C)cc1. The minimum Gasteiger partial charge on any atom is -0.493 e. The number of carbonyl (C=O) groups is 1. The van der Waals surface area contributed by atoms with E-state index in [1.807, 2.05) is 24.3 Å². The highest BCUT2D eigenvalue weighted by atomic mass is 32.2. The van der Waals surface area contributed by atoms with Crippen molar-refractivity contribution in [3.05, 3.63) is 58.5 Å². The van der Waals surface area contributed by atoms with E-state index in [4.69, 9.17) is 21.7 Å². The van der Waals surface area contributed by atoms with Gasteiger partial charge in [-0.3, -0.25) is 9.69 Å². The van der Waals surface area contributed by atoms with Gasteiger partial charge in [0, 0.05) is 17.7 Å². The Bertz CT molecular complexity index is 910. The first-order valence-electron chi connectivity index (χ1n) is 8.70. The van der Waals surface area contributed by atoms with Gasteiger partial charge < -0.3 is 9.47 Å². The fourth-order valence-corrected chi connectivity index (χ4v) is 4.45. The zero-order valence-electron chi connectivity index (χ0n) is 15.9. The molecule has 146 valence electrons. The minimum absolute atomic E-state index is 0.0811. The summed E-state index contributed by atoms with van der Waals surface area (Å²) in [5.74, 6) is 2.09. The molecule has 4 nitrogen and oxygen atoms in total. The van der Waals surface area contributed by atoms with Crippen LogP contribution in [0.4, 0.5) is 0 Å². The highest BCUT2D eigenvalue weighted by Gasteiger charge is 2.28. The van der Waals surface area contributed by atoms with Crippen LogP contribution in [0.2, 0.25) is 0 Å². The van der Waals surface area contributed by atoms with E-state index < -0.39 is 0 Å². The Morgan fingerprint density at radius 1 is 1.18 bits per heavy atom. The summed E-state index contributed by atoms with van der Waals surface area (Å²) in [7, 11) is 3.29. The number of ether oxygens (including phenoxy) is 2. The minimum atomic E-state index is -0.0811. The van der Waals surface area contributed by atoms with Gasteiger partial charge in [-0.05, 0) is 42.8 Å². The van der Waals surface area contributed by atoms with Crippen molar-refractivity contribution in [1.82, 2.24) is 4.90 Å². The molecule has 1 fully saturated rings. The van der Waals surface area contributed by atoms with E-state index in [0.29, 0.717) is 27.3 Å². The van der Waals surface area contributed by atoms with Gasteiger partial charge in [0.05, 0.1) is 18.6 Å². The normalized spacial score (nSPS) is 15.4. The van der Waals surface area contributed by atoms with Crippen molar-refractivity contribution in [2.75, 3.05) is 26.5 Å². The summed E-state index contributed by atoms with van der Waals surface area (Å²) in [5, 5.41) is 0. The number of thiocarbonyl (C=S) groups is 1. The first-order chi connectivity index (χ1) is 13.5. The van der Waals surface area contributed by atoms with Gasteiger partial charge in [0.2, 0.25) is 0 Å². The van der Waals surface area contributed by atoms with Crippen molar-refractivity contribution >= 4 is 52.0 Å². The summed E-state index contributed by atoms with van der Waals surface area (Å²) in [6.07, 6.45) is 1.82. The lowest BCUT2D eigenvalue weighted by Crippen LogP contribution is -2.22. The first kappa shape index (κ1) is 20.8. The molecule has 0 atom stereocenters. The molecule has 0 spiro atoms. The zero-order chi connectivity index (χ0) is 20.1. The number of carbonyl (C=O) groups excluding carboxylic acids is 1. The molecule has 1 aliphatic rings. The average Bonchev–Trinajstić information content (AvgIpc) is 2.94. The Hall–Kier alpha value is -1.96. The molecule has 0 unspecified atom stereocenters. The second-order valence-corrected chi connectivity index (χ2v) is 9.01. The lowest BCUT2D eigenvalue weighted by Gasteiger charge is -2.11. The summed E-state index contributed by atoms with van der Waals surface area (Å²) >= 11 is 8.22. The van der Waals surface area contributed by atoms with E-state index in [9.17, 15) is 4.79 Å². The van der Waals surface area contributed by atoms with Crippen LogP contribution >= 0.6 is 35.7 Å². The molecule has 2 aromatic carbocycles. The van der Waals surface area contributed by atoms with Crippen molar-refractivity contribution in [3.63, 3.8) is 0 Å². The first-order valence-corrected chi connectivity index (χ1v) is 10.9. The molecule has 28 heavy (non-hydrogen) atoms. The molecule has 1 aliphatic heterocycles. The van der Waals surface area contributed by atoms with Crippen molar-refractivity contribution in [2.45, 2.75) is 11.8 Å². The molecular formula is C21H21NO3S3. The third kappa shape index (κ3) is 5.10. The fraction of sp³-hybridized carbons (Fsp3) is 0.238. The fourth-order valence-electron chi connectivity index (χ4n) is 2.54. The van der Waals surface area contributed by atoms with Crippen LogP contribution in [0.5, 0.6) is 11.5 Å². The maximum atomic E-state index is 12.1. The monoisotopic (exact) mass is 431 g/mol. The second-order valence-electron chi connectivity index (χ2n) is 6.16. The van der Waals surface area contributed by atoms with E-state index in [1.54, 1.807) is 25.9 Å². The van der Waals surface area contributed by atoms with Gasteiger partial charge in [-0.2, -0.15) is 0 Å². The lowest BCUT2D eigenvalue weighted by atomic mass is 10.2. The van der Waals surface area contributed by atoms with Crippen LogP contribution in [-0.2, 0) is 4.79 Å². The lowest BCUT2D eigenvalue weighted by molar-refractivity contribution is -0.121. The van der Waals surface area contributed by atoms with Gasteiger partial charge in [-0.1, -0.05) is 47.7 Å². The molecule has 1 saturated heterocycles. The van der Waals surface area contributed by atoms with Gasteiger partial charge in [0.15, 0.2) is 11.5 Å². The highest BCUT2D eigenvalue weighted by Crippen LogP contribution is 2.34. The molecule has 1 amide bonds. The van der Waals surface area contributed by atoms with Crippen molar-refractivity contribution < 1.29 is 14.3 Å². The van der Waals surface area contributed by atoms with E-state index in [2.05, 4.69) is 31.2 Å². The Balaban J connectivity index is 1.61. The molecule has 0 saturated carbocycles. The highest BCUT2D eigenvalue weighted by molar-refractivity contribution is 8.26. The Labute approximate surface area is 179 Å². The predicted molar refractivity (Wildman–Crippen MR) is 121 cm³/mol. The predicted octanol–water partition coefficient (Wildman–Crippen LogP) is 5.01. The Morgan fingerprint density at radius 3 is 2.57 bits per heavy atom. The van der Waals surface area contributed by atoms with Crippen molar-refractivity contribution in [1.29, 1.82) is 0 Å². The van der Waals surface area contributed by atoms with Gasteiger partial charge >= 0.3 is 0 Å². The van der Waals surface area contributed by atoms with Crippen LogP contribution in [0.15, 0.2) is 52.3 Å². The number of rotatable bonds is 7. The quantitative estimate of drug-likeness (QED) is 0.266. The standard InChI is InChI=1S/C21H21NO3S3/c1-14-4-7-16(8-5-14)27-11-10-25-17-9-6-15(12-18(17)24-3)13-19-20(23)22(2)21(26)28-19/h4-9,12-13H,10-11H2,1-3H3. The topological polar surface area (TPSA) is 38.8 Å². The largest absolute Gasteiger partial charge is 0.493 e. The molecule has 0 bridgehead atoms. The summed E-state index contributed by atoms with van der Waals surface area (Å²) in [6, 6.07) is 14.1. The maximum Gasteiger partial charge on any atom is 0.265 e. The van der Waals surface area contributed by atoms with E-state index >= 15 is 0 Å². The number of hydrogen-bond donors (Lipinski definition) is 0. The third-order valence-electron chi connectivity index (χ3n) is 4.10. The Kier molecular flexibility index (Phi) is 7.04. The molecule has 0 radical (unpaired) electrons. The summed E-state index contributed by atoms with van der Waals surface area (Å²) in [6.45, 7) is 2.65. The van der Waals surface area contributed by atoms with Crippen LogP contribution in [0.1, 0.15) is 11.1 Å². The smallest absolute Gasteiger partial charge is 0.265 e. The van der Waals surface area contributed by atoms with Crippen LogP contribution in [-0.4, -0.2) is 41.6 Å². The number of benzene rings is 2.